The predicted octanol–water partition coefficient (Wildman–Crippen LogP) is 3.73. The third-order valence-electron chi connectivity index (χ3n) is 3.64. The highest BCUT2D eigenvalue weighted by Gasteiger charge is 2.31. The minimum atomic E-state index is 0.532. The minimum absolute atomic E-state index is 0.532. The Bertz CT molecular complexity index is 776. The molecule has 0 bridgehead atoms. The van der Waals surface area contributed by atoms with Crippen molar-refractivity contribution in [1.82, 2.24) is 24.4 Å². The number of hydrogen-bond acceptors (Lipinski definition) is 6. The fraction of sp³-hybridized carbons (Fsp3) is 0.333. The van der Waals surface area contributed by atoms with Crippen LogP contribution in [-0.2, 0) is 5.75 Å². The molecular formula is C15H15N5S2. The normalized spacial score (nSPS) is 14.4. The second-order valence-electron chi connectivity index (χ2n) is 5.37. The van der Waals surface area contributed by atoms with Crippen LogP contribution in [0, 0.1) is 6.92 Å². The van der Waals surface area contributed by atoms with Crippen LogP contribution in [0.15, 0.2) is 35.5 Å². The molecule has 3 aromatic rings. The highest BCUT2D eigenvalue weighted by Crippen LogP contribution is 2.42. The smallest absolute Gasteiger partial charge is 0.192 e. The van der Waals surface area contributed by atoms with E-state index in [1.165, 1.54) is 29.9 Å². The number of hydrogen-bond donors (Lipinski definition) is 0. The van der Waals surface area contributed by atoms with Crippen molar-refractivity contribution in [3.63, 3.8) is 0 Å². The van der Waals surface area contributed by atoms with Gasteiger partial charge in [-0.05, 0) is 36.9 Å². The molecular weight excluding hydrogens is 314 g/mol. The summed E-state index contributed by atoms with van der Waals surface area (Å²) in [6.45, 7) is 1.97. The Balaban J connectivity index is 1.63. The van der Waals surface area contributed by atoms with Crippen molar-refractivity contribution < 1.29 is 0 Å². The first-order valence-corrected chi connectivity index (χ1v) is 9.00. The monoisotopic (exact) mass is 329 g/mol. The molecule has 2 aromatic heterocycles. The van der Waals surface area contributed by atoms with E-state index in [1.54, 1.807) is 11.8 Å². The maximum absolute atomic E-state index is 4.42. The van der Waals surface area contributed by atoms with E-state index >= 15 is 0 Å². The summed E-state index contributed by atoms with van der Waals surface area (Å²) in [6.07, 6.45) is 2.41. The lowest BCUT2D eigenvalue weighted by molar-refractivity contribution is 0.669. The molecule has 7 heteroatoms. The summed E-state index contributed by atoms with van der Waals surface area (Å²) >= 11 is 3.14. The van der Waals surface area contributed by atoms with Gasteiger partial charge in [0.2, 0.25) is 0 Å². The van der Waals surface area contributed by atoms with Gasteiger partial charge < -0.3 is 0 Å². The summed E-state index contributed by atoms with van der Waals surface area (Å²) < 4.78 is 6.30. The molecule has 5 nitrogen and oxygen atoms in total. The van der Waals surface area contributed by atoms with E-state index in [9.17, 15) is 0 Å². The van der Waals surface area contributed by atoms with Crippen molar-refractivity contribution >= 4 is 23.3 Å². The van der Waals surface area contributed by atoms with Crippen LogP contribution in [0.5, 0.6) is 0 Å². The number of rotatable bonds is 5. The van der Waals surface area contributed by atoms with Crippen LogP contribution >= 0.6 is 23.3 Å². The van der Waals surface area contributed by atoms with Crippen LogP contribution in [0.4, 0.5) is 0 Å². The first-order valence-electron chi connectivity index (χ1n) is 7.24. The molecule has 0 spiro atoms. The van der Waals surface area contributed by atoms with Crippen LogP contribution in [0.25, 0.3) is 10.7 Å². The Kier molecular flexibility index (Phi) is 3.67. The molecule has 1 fully saturated rings. The first kappa shape index (κ1) is 13.9. The summed E-state index contributed by atoms with van der Waals surface area (Å²) in [5, 5.41) is 13.9. The highest BCUT2D eigenvalue weighted by atomic mass is 32.2. The Morgan fingerprint density at radius 3 is 2.68 bits per heavy atom. The molecule has 0 aliphatic heterocycles. The molecule has 0 saturated heterocycles. The molecule has 0 unspecified atom stereocenters. The molecule has 1 aliphatic rings. The van der Waals surface area contributed by atoms with Crippen molar-refractivity contribution in [2.24, 2.45) is 0 Å². The lowest BCUT2D eigenvalue weighted by Gasteiger charge is -2.07. The molecule has 1 saturated carbocycles. The second-order valence-corrected chi connectivity index (χ2v) is 7.07. The van der Waals surface area contributed by atoms with E-state index in [0.717, 1.165) is 27.3 Å². The summed E-state index contributed by atoms with van der Waals surface area (Å²) in [4.78, 5) is 1.03. The minimum Gasteiger partial charge on any atom is -0.298 e. The topological polar surface area (TPSA) is 56.5 Å². The van der Waals surface area contributed by atoms with Gasteiger partial charge in [-0.1, -0.05) is 46.6 Å². The summed E-state index contributed by atoms with van der Waals surface area (Å²) in [6, 6.07) is 11.0. The third-order valence-corrected chi connectivity index (χ3v) is 5.48. The molecule has 0 atom stereocenters. The van der Waals surface area contributed by atoms with Crippen molar-refractivity contribution in [1.29, 1.82) is 0 Å². The molecule has 4 rings (SSSR count). The summed E-state index contributed by atoms with van der Waals surface area (Å²) in [5.41, 5.74) is 2.23. The van der Waals surface area contributed by atoms with Crippen LogP contribution in [0.1, 0.15) is 30.1 Å². The first-order chi connectivity index (χ1) is 10.8. The summed E-state index contributed by atoms with van der Waals surface area (Å²) in [5.74, 6) is 1.83. The van der Waals surface area contributed by atoms with E-state index in [-0.39, 0.29) is 0 Å². The molecule has 2 heterocycles. The average Bonchev–Trinajstić information content (AvgIpc) is 3.16. The second kappa shape index (κ2) is 5.81. The molecule has 0 amide bonds. The highest BCUT2D eigenvalue weighted by molar-refractivity contribution is 7.98. The van der Waals surface area contributed by atoms with Crippen molar-refractivity contribution in [3.8, 4) is 10.7 Å². The SMILES string of the molecule is Cc1nnsc1-c1nnc(SCc2ccccc2)n1C1CC1. The Labute approximate surface area is 137 Å². The van der Waals surface area contributed by atoms with Crippen LogP contribution in [0.2, 0.25) is 0 Å². The zero-order chi connectivity index (χ0) is 14.9. The average molecular weight is 329 g/mol. The van der Waals surface area contributed by atoms with Gasteiger partial charge in [0.15, 0.2) is 11.0 Å². The van der Waals surface area contributed by atoms with Gasteiger partial charge >= 0.3 is 0 Å². The van der Waals surface area contributed by atoms with Gasteiger partial charge in [-0.25, -0.2) is 0 Å². The van der Waals surface area contributed by atoms with E-state index in [4.69, 9.17) is 0 Å². The lowest BCUT2D eigenvalue weighted by atomic mass is 10.2. The Hall–Kier alpha value is -1.73. The van der Waals surface area contributed by atoms with Gasteiger partial charge in [0.05, 0.1) is 5.69 Å². The fourth-order valence-electron chi connectivity index (χ4n) is 2.35. The lowest BCUT2D eigenvalue weighted by Crippen LogP contribution is -1.99. The zero-order valence-electron chi connectivity index (χ0n) is 12.1. The fourth-order valence-corrected chi connectivity index (χ4v) is 3.95. The van der Waals surface area contributed by atoms with Gasteiger partial charge in [0.1, 0.15) is 4.88 Å². The quantitative estimate of drug-likeness (QED) is 0.668. The largest absolute Gasteiger partial charge is 0.298 e. The molecule has 112 valence electrons. The molecule has 1 aliphatic carbocycles. The standard InChI is InChI=1S/C15H15N5S2/c1-10-13(22-19-16-10)14-17-18-15(20(14)12-7-8-12)21-9-11-5-3-2-4-6-11/h2-6,12H,7-9H2,1H3. The number of thioether (sulfide) groups is 1. The predicted molar refractivity (Wildman–Crippen MR) is 87.9 cm³/mol. The maximum Gasteiger partial charge on any atom is 0.192 e. The zero-order valence-corrected chi connectivity index (χ0v) is 13.8. The third kappa shape index (κ3) is 2.66. The van der Waals surface area contributed by atoms with Gasteiger partial charge in [-0.3, -0.25) is 4.57 Å². The van der Waals surface area contributed by atoms with E-state index in [0.29, 0.717) is 6.04 Å². The van der Waals surface area contributed by atoms with Crippen molar-refractivity contribution in [2.75, 3.05) is 0 Å². The van der Waals surface area contributed by atoms with Gasteiger partial charge in [-0.2, -0.15) is 0 Å². The summed E-state index contributed by atoms with van der Waals surface area (Å²) in [7, 11) is 0. The van der Waals surface area contributed by atoms with Crippen molar-refractivity contribution in [2.45, 2.75) is 36.7 Å². The number of aromatic nitrogens is 5. The number of aryl methyl sites for hydroxylation is 1. The van der Waals surface area contributed by atoms with E-state index in [2.05, 4.69) is 48.6 Å². The maximum atomic E-state index is 4.42. The number of benzene rings is 1. The number of nitrogens with zero attached hydrogens (tertiary/aromatic N) is 5. The van der Waals surface area contributed by atoms with Crippen LogP contribution in [-0.4, -0.2) is 24.4 Å². The van der Waals surface area contributed by atoms with E-state index < -0.39 is 0 Å². The van der Waals surface area contributed by atoms with E-state index in [1.807, 2.05) is 13.0 Å². The Morgan fingerprint density at radius 1 is 1.18 bits per heavy atom. The molecule has 1 aromatic carbocycles. The van der Waals surface area contributed by atoms with Gasteiger partial charge in [0, 0.05) is 11.8 Å². The molecule has 0 N–H and O–H groups in total. The van der Waals surface area contributed by atoms with Crippen molar-refractivity contribution in [3.05, 3.63) is 41.6 Å². The molecule has 22 heavy (non-hydrogen) atoms. The van der Waals surface area contributed by atoms with Crippen LogP contribution in [0.3, 0.4) is 0 Å². The van der Waals surface area contributed by atoms with Crippen LogP contribution < -0.4 is 0 Å². The van der Waals surface area contributed by atoms with Gasteiger partial charge in [-0.15, -0.1) is 15.3 Å². The van der Waals surface area contributed by atoms with Gasteiger partial charge in [0.25, 0.3) is 0 Å². The molecule has 0 radical (unpaired) electrons. The Morgan fingerprint density at radius 2 is 2.00 bits per heavy atom.